The van der Waals surface area contributed by atoms with Gasteiger partial charge in [-0.1, -0.05) is 115 Å². The van der Waals surface area contributed by atoms with E-state index in [1.165, 1.54) is 0 Å². The SMILES string of the molecule is Cc1cc(-c2cccc3c2oc2ccccc23)cc(-c2cccc(-c3cc(-c4ccccc4)cc(-c4ccc5ccccc5c4O)n3)c2)n1. The number of phenolic OH excluding ortho intramolecular Hbond substituents is 1. The number of phenols is 1. The van der Waals surface area contributed by atoms with Crippen LogP contribution in [0.3, 0.4) is 0 Å². The van der Waals surface area contributed by atoms with Crippen LogP contribution < -0.4 is 0 Å². The van der Waals surface area contributed by atoms with Crippen molar-refractivity contribution >= 4 is 32.7 Å². The lowest BCUT2D eigenvalue weighted by Gasteiger charge is -2.13. The Hall–Kier alpha value is -6.52. The third-order valence-corrected chi connectivity index (χ3v) is 9.23. The van der Waals surface area contributed by atoms with Gasteiger partial charge in [0, 0.05) is 44.1 Å². The van der Waals surface area contributed by atoms with Crippen LogP contribution in [0.4, 0.5) is 0 Å². The van der Waals surface area contributed by atoms with Crippen molar-refractivity contribution in [3.63, 3.8) is 0 Å². The lowest BCUT2D eigenvalue weighted by molar-refractivity contribution is 0.483. The number of nitrogens with zero attached hydrogens (tertiary/aromatic N) is 2. The van der Waals surface area contributed by atoms with Crippen LogP contribution in [0.15, 0.2) is 162 Å². The molecule has 0 fully saturated rings. The van der Waals surface area contributed by atoms with E-state index in [1.54, 1.807) is 0 Å². The van der Waals surface area contributed by atoms with Crippen molar-refractivity contribution < 1.29 is 9.52 Å². The van der Waals surface area contributed by atoms with E-state index in [0.717, 1.165) is 83.2 Å². The van der Waals surface area contributed by atoms with Crippen LogP contribution in [0.25, 0.3) is 88.7 Å². The molecule has 3 heterocycles. The van der Waals surface area contributed by atoms with E-state index in [1.807, 2.05) is 79.7 Å². The summed E-state index contributed by atoms with van der Waals surface area (Å²) in [6.07, 6.45) is 0. The van der Waals surface area contributed by atoms with Gasteiger partial charge in [0.1, 0.15) is 16.9 Å². The van der Waals surface area contributed by atoms with Gasteiger partial charge in [-0.25, -0.2) is 4.98 Å². The second-order valence-corrected chi connectivity index (χ2v) is 12.4. The Morgan fingerprint density at radius 3 is 1.96 bits per heavy atom. The summed E-state index contributed by atoms with van der Waals surface area (Å²) in [5.41, 5.74) is 11.9. The second kappa shape index (κ2) is 11.6. The van der Waals surface area contributed by atoms with Crippen LogP contribution >= 0.6 is 0 Å². The first-order valence-electron chi connectivity index (χ1n) is 16.4. The van der Waals surface area contributed by atoms with Gasteiger partial charge < -0.3 is 9.52 Å². The average molecular weight is 631 g/mol. The van der Waals surface area contributed by atoms with Crippen LogP contribution in [0.1, 0.15) is 5.69 Å². The number of aromatic nitrogens is 2. The molecule has 0 aliphatic carbocycles. The number of hydrogen-bond donors (Lipinski definition) is 1. The maximum atomic E-state index is 11.4. The Bertz CT molecular complexity index is 2690. The van der Waals surface area contributed by atoms with Crippen molar-refractivity contribution in [2.45, 2.75) is 6.92 Å². The molecule has 6 aromatic carbocycles. The Labute approximate surface area is 283 Å². The number of rotatable bonds is 5. The molecule has 3 aromatic heterocycles. The minimum atomic E-state index is 0.228. The molecule has 0 aliphatic rings. The van der Waals surface area contributed by atoms with E-state index in [2.05, 4.69) is 84.9 Å². The summed E-state index contributed by atoms with van der Waals surface area (Å²) >= 11 is 0. The first kappa shape index (κ1) is 28.7. The number of hydrogen-bond acceptors (Lipinski definition) is 4. The number of benzene rings is 6. The minimum Gasteiger partial charge on any atom is -0.507 e. The smallest absolute Gasteiger partial charge is 0.143 e. The van der Waals surface area contributed by atoms with Crippen LogP contribution in [0.2, 0.25) is 0 Å². The van der Waals surface area contributed by atoms with Gasteiger partial charge in [-0.05, 0) is 71.5 Å². The fourth-order valence-corrected chi connectivity index (χ4v) is 6.86. The summed E-state index contributed by atoms with van der Waals surface area (Å²) in [5.74, 6) is 0.228. The lowest BCUT2D eigenvalue weighted by atomic mass is 9.96. The first-order chi connectivity index (χ1) is 24.1. The zero-order valence-corrected chi connectivity index (χ0v) is 26.8. The van der Waals surface area contributed by atoms with Gasteiger partial charge >= 0.3 is 0 Å². The predicted molar refractivity (Wildman–Crippen MR) is 200 cm³/mol. The van der Waals surface area contributed by atoms with E-state index in [4.69, 9.17) is 14.4 Å². The first-order valence-corrected chi connectivity index (χ1v) is 16.4. The van der Waals surface area contributed by atoms with Crippen molar-refractivity contribution in [3.05, 3.63) is 163 Å². The van der Waals surface area contributed by atoms with Gasteiger partial charge in [-0.2, -0.15) is 0 Å². The highest BCUT2D eigenvalue weighted by atomic mass is 16.3. The van der Waals surface area contributed by atoms with Crippen molar-refractivity contribution in [2.75, 3.05) is 0 Å². The van der Waals surface area contributed by atoms with Crippen molar-refractivity contribution in [1.82, 2.24) is 9.97 Å². The van der Waals surface area contributed by atoms with E-state index in [-0.39, 0.29) is 5.75 Å². The molecule has 9 aromatic rings. The molecule has 0 radical (unpaired) electrons. The average Bonchev–Trinajstić information content (AvgIpc) is 3.54. The molecule has 0 spiro atoms. The van der Waals surface area contributed by atoms with Gasteiger partial charge in [0.25, 0.3) is 0 Å². The number of furan rings is 1. The minimum absolute atomic E-state index is 0.228. The molecule has 0 unspecified atom stereocenters. The molecule has 1 N–H and O–H groups in total. The maximum absolute atomic E-state index is 11.4. The monoisotopic (exact) mass is 630 g/mol. The Kier molecular flexibility index (Phi) is 6.80. The molecule has 49 heavy (non-hydrogen) atoms. The predicted octanol–water partition coefficient (Wildman–Crippen LogP) is 11.9. The van der Waals surface area contributed by atoms with Gasteiger partial charge in [0.05, 0.1) is 17.1 Å². The highest BCUT2D eigenvalue weighted by Gasteiger charge is 2.16. The van der Waals surface area contributed by atoms with Crippen LogP contribution in [-0.4, -0.2) is 15.1 Å². The fourth-order valence-electron chi connectivity index (χ4n) is 6.86. The molecule has 0 saturated heterocycles. The number of aromatic hydroxyl groups is 1. The van der Waals surface area contributed by atoms with E-state index in [9.17, 15) is 5.11 Å². The zero-order valence-electron chi connectivity index (χ0n) is 26.8. The molecule has 0 bridgehead atoms. The molecule has 0 aliphatic heterocycles. The summed E-state index contributed by atoms with van der Waals surface area (Å²) in [4.78, 5) is 10.1. The van der Waals surface area contributed by atoms with Gasteiger partial charge in [0.15, 0.2) is 0 Å². The number of fused-ring (bicyclic) bond motifs is 4. The molecule has 0 atom stereocenters. The summed E-state index contributed by atoms with van der Waals surface area (Å²) in [6, 6.07) is 53.4. The van der Waals surface area contributed by atoms with E-state index < -0.39 is 0 Å². The molecule has 4 nitrogen and oxygen atoms in total. The highest BCUT2D eigenvalue weighted by molar-refractivity contribution is 6.09. The number of aryl methyl sites for hydroxylation is 1. The summed E-state index contributed by atoms with van der Waals surface area (Å²) in [5, 5.41) is 15.4. The van der Waals surface area contributed by atoms with Crippen molar-refractivity contribution in [3.8, 4) is 61.8 Å². The lowest BCUT2D eigenvalue weighted by Crippen LogP contribution is -1.93. The van der Waals surface area contributed by atoms with Crippen molar-refractivity contribution in [1.29, 1.82) is 0 Å². The molecule has 232 valence electrons. The quantitative estimate of drug-likeness (QED) is 0.206. The number of pyridine rings is 2. The zero-order chi connectivity index (χ0) is 32.9. The van der Waals surface area contributed by atoms with E-state index in [0.29, 0.717) is 11.3 Å². The summed E-state index contributed by atoms with van der Waals surface area (Å²) in [7, 11) is 0. The van der Waals surface area contributed by atoms with E-state index >= 15 is 0 Å². The summed E-state index contributed by atoms with van der Waals surface area (Å²) in [6.45, 7) is 2.03. The topological polar surface area (TPSA) is 59.2 Å². The van der Waals surface area contributed by atoms with Crippen LogP contribution in [0.5, 0.6) is 5.75 Å². The largest absolute Gasteiger partial charge is 0.507 e. The Morgan fingerprint density at radius 1 is 0.449 bits per heavy atom. The highest BCUT2D eigenvalue weighted by Crippen LogP contribution is 2.40. The second-order valence-electron chi connectivity index (χ2n) is 12.4. The molecular weight excluding hydrogens is 601 g/mol. The summed E-state index contributed by atoms with van der Waals surface area (Å²) < 4.78 is 6.38. The molecular formula is C45H30N2O2. The van der Waals surface area contributed by atoms with Crippen LogP contribution in [-0.2, 0) is 0 Å². The third kappa shape index (κ3) is 5.11. The van der Waals surface area contributed by atoms with Gasteiger partial charge in [0.2, 0.25) is 0 Å². The van der Waals surface area contributed by atoms with Crippen LogP contribution in [0, 0.1) is 6.92 Å². The molecule has 9 rings (SSSR count). The Morgan fingerprint density at radius 2 is 1.10 bits per heavy atom. The maximum Gasteiger partial charge on any atom is 0.143 e. The van der Waals surface area contributed by atoms with Gasteiger partial charge in [-0.3, -0.25) is 4.98 Å². The third-order valence-electron chi connectivity index (χ3n) is 9.23. The molecule has 0 amide bonds. The fraction of sp³-hybridized carbons (Fsp3) is 0.0222. The van der Waals surface area contributed by atoms with Gasteiger partial charge in [-0.15, -0.1) is 0 Å². The Balaban J connectivity index is 1.17. The molecule has 4 heteroatoms. The normalized spacial score (nSPS) is 11.4. The standard InChI is InChI=1S/C45H30N2O2/c1-28-23-34(36-18-10-19-38-37-17-7-8-20-43(37)49-45(36)38)27-40(46-28)31-14-9-15-32(24-31)41-25-33(29-11-3-2-4-12-29)26-42(47-41)39-22-21-30-13-5-6-16-35(30)44(39)48/h2-27,48H,1H3. The van der Waals surface area contributed by atoms with Crippen molar-refractivity contribution in [2.24, 2.45) is 0 Å². The number of para-hydroxylation sites is 2. The molecule has 0 saturated carbocycles.